The molecule has 1 unspecified atom stereocenters. The molecule has 0 fully saturated rings. The molecular weight excluding hydrogens is 250 g/mol. The van der Waals surface area contributed by atoms with Crippen LogP contribution in [0.5, 0.6) is 5.75 Å². The Hall–Kier alpha value is -1.81. The predicted molar refractivity (Wildman–Crippen MR) is 84.3 cm³/mol. The minimum Gasteiger partial charge on any atom is -0.497 e. The highest BCUT2D eigenvalue weighted by atomic mass is 16.5. The van der Waals surface area contributed by atoms with Gasteiger partial charge in [-0.25, -0.2) is 0 Å². The zero-order valence-electron chi connectivity index (χ0n) is 12.2. The van der Waals surface area contributed by atoms with Crippen LogP contribution < -0.4 is 15.8 Å². The molecule has 3 N–H and O–H groups in total. The van der Waals surface area contributed by atoms with Gasteiger partial charge in [-0.3, -0.25) is 4.98 Å². The molecule has 0 spiro atoms. The summed E-state index contributed by atoms with van der Waals surface area (Å²) in [5.74, 6) is 0.846. The number of aromatic nitrogens is 1. The number of methoxy groups -OCH3 is 1. The van der Waals surface area contributed by atoms with Crippen molar-refractivity contribution >= 4 is 16.6 Å². The van der Waals surface area contributed by atoms with E-state index in [1.54, 1.807) is 7.11 Å². The number of hydrogen-bond donors (Lipinski definition) is 2. The minimum atomic E-state index is 0.303. The van der Waals surface area contributed by atoms with Gasteiger partial charge in [0.25, 0.3) is 0 Å². The molecule has 0 bridgehead atoms. The summed E-state index contributed by atoms with van der Waals surface area (Å²) in [6.45, 7) is 3.02. The van der Waals surface area contributed by atoms with E-state index >= 15 is 0 Å². The summed E-state index contributed by atoms with van der Waals surface area (Å²) in [7, 11) is 1.68. The molecule has 1 aromatic heterocycles. The lowest BCUT2D eigenvalue weighted by molar-refractivity contribution is 0.415. The number of anilines is 1. The molecule has 4 nitrogen and oxygen atoms in total. The van der Waals surface area contributed by atoms with Gasteiger partial charge < -0.3 is 15.8 Å². The molecule has 1 heterocycles. The fourth-order valence-electron chi connectivity index (χ4n) is 2.21. The molecule has 0 saturated heterocycles. The van der Waals surface area contributed by atoms with Gasteiger partial charge in [-0.05, 0) is 31.4 Å². The van der Waals surface area contributed by atoms with Crippen LogP contribution in [0.4, 0.5) is 5.69 Å². The van der Waals surface area contributed by atoms with Gasteiger partial charge >= 0.3 is 0 Å². The Labute approximate surface area is 120 Å². The maximum Gasteiger partial charge on any atom is 0.121 e. The van der Waals surface area contributed by atoms with E-state index < -0.39 is 0 Å². The summed E-state index contributed by atoms with van der Waals surface area (Å²) in [5.41, 5.74) is 7.93. The average Bonchev–Trinajstić information content (AvgIpc) is 2.50. The Bertz CT molecular complexity index is 556. The first-order chi connectivity index (χ1) is 9.74. The maximum absolute atomic E-state index is 5.93. The highest BCUT2D eigenvalue weighted by molar-refractivity contribution is 5.91. The van der Waals surface area contributed by atoms with Gasteiger partial charge in [0.1, 0.15) is 5.75 Å². The van der Waals surface area contributed by atoms with Crippen molar-refractivity contribution in [1.29, 1.82) is 0 Å². The van der Waals surface area contributed by atoms with Crippen LogP contribution in [0.2, 0.25) is 0 Å². The molecule has 0 saturated carbocycles. The van der Waals surface area contributed by atoms with Crippen molar-refractivity contribution in [2.24, 2.45) is 5.73 Å². The molecule has 0 aliphatic rings. The molecule has 20 heavy (non-hydrogen) atoms. The quantitative estimate of drug-likeness (QED) is 0.761. The Morgan fingerprint density at radius 3 is 3.00 bits per heavy atom. The largest absolute Gasteiger partial charge is 0.497 e. The highest BCUT2D eigenvalue weighted by Gasteiger charge is 2.05. The average molecular weight is 273 g/mol. The van der Waals surface area contributed by atoms with E-state index in [1.165, 1.54) is 0 Å². The second-order valence-corrected chi connectivity index (χ2v) is 4.99. The van der Waals surface area contributed by atoms with Gasteiger partial charge in [-0.1, -0.05) is 13.0 Å². The van der Waals surface area contributed by atoms with E-state index in [1.807, 2.05) is 30.5 Å². The number of nitrogens with zero attached hydrogens (tertiary/aromatic N) is 1. The van der Waals surface area contributed by atoms with Crippen LogP contribution in [-0.2, 0) is 0 Å². The van der Waals surface area contributed by atoms with Crippen LogP contribution in [-0.4, -0.2) is 24.7 Å². The summed E-state index contributed by atoms with van der Waals surface area (Å²) in [6.07, 6.45) is 4.94. The number of nitrogens with two attached hydrogens (primary N) is 1. The Kier molecular flexibility index (Phi) is 5.18. The van der Waals surface area contributed by atoms with Crippen LogP contribution in [0.3, 0.4) is 0 Å². The first kappa shape index (κ1) is 14.6. The second kappa shape index (κ2) is 7.10. The molecule has 4 heteroatoms. The Morgan fingerprint density at radius 1 is 1.40 bits per heavy atom. The van der Waals surface area contributed by atoms with Crippen LogP contribution in [0, 0.1) is 0 Å². The molecule has 0 radical (unpaired) electrons. The lowest BCUT2D eigenvalue weighted by Crippen LogP contribution is -2.19. The third kappa shape index (κ3) is 3.61. The van der Waals surface area contributed by atoms with Crippen molar-refractivity contribution in [3.8, 4) is 5.75 Å². The third-order valence-electron chi connectivity index (χ3n) is 3.51. The SMILES string of the molecule is CCC(N)CCCNc1cc(OC)cc2cccnc12. The molecule has 1 atom stereocenters. The number of rotatable bonds is 7. The molecule has 108 valence electrons. The van der Waals surface area contributed by atoms with Gasteiger partial charge in [0, 0.05) is 30.2 Å². The highest BCUT2D eigenvalue weighted by Crippen LogP contribution is 2.27. The van der Waals surface area contributed by atoms with Crippen molar-refractivity contribution in [3.05, 3.63) is 30.5 Å². The molecule has 2 rings (SSSR count). The summed E-state index contributed by atoms with van der Waals surface area (Å²) in [5, 5.41) is 4.53. The van der Waals surface area contributed by atoms with Crippen molar-refractivity contribution < 1.29 is 4.74 Å². The number of hydrogen-bond acceptors (Lipinski definition) is 4. The molecule has 1 aromatic carbocycles. The molecule has 0 amide bonds. The van der Waals surface area contributed by atoms with Gasteiger partial charge in [0.05, 0.1) is 18.3 Å². The van der Waals surface area contributed by atoms with Crippen molar-refractivity contribution in [1.82, 2.24) is 4.98 Å². The van der Waals surface area contributed by atoms with Gasteiger partial charge in [-0.15, -0.1) is 0 Å². The number of pyridine rings is 1. The summed E-state index contributed by atoms with van der Waals surface area (Å²) in [6, 6.07) is 8.28. The van der Waals surface area contributed by atoms with E-state index in [9.17, 15) is 0 Å². The monoisotopic (exact) mass is 273 g/mol. The standard InChI is InChI=1S/C16H23N3O/c1-3-13(17)7-5-8-18-15-11-14(20-2)10-12-6-4-9-19-16(12)15/h4,6,9-11,13,18H,3,5,7-8,17H2,1-2H3. The van der Waals surface area contributed by atoms with E-state index in [2.05, 4.69) is 17.2 Å². The molecule has 2 aromatic rings. The van der Waals surface area contributed by atoms with E-state index in [0.29, 0.717) is 6.04 Å². The summed E-state index contributed by atoms with van der Waals surface area (Å²) >= 11 is 0. The smallest absolute Gasteiger partial charge is 0.121 e. The second-order valence-electron chi connectivity index (χ2n) is 4.99. The van der Waals surface area contributed by atoms with Crippen LogP contribution in [0.1, 0.15) is 26.2 Å². The fraction of sp³-hybridized carbons (Fsp3) is 0.438. The van der Waals surface area contributed by atoms with Gasteiger partial charge in [0.15, 0.2) is 0 Å². The lowest BCUT2D eigenvalue weighted by atomic mass is 10.1. The first-order valence-corrected chi connectivity index (χ1v) is 7.16. The van der Waals surface area contributed by atoms with Crippen LogP contribution in [0.15, 0.2) is 30.5 Å². The van der Waals surface area contributed by atoms with E-state index in [-0.39, 0.29) is 0 Å². The number of nitrogens with one attached hydrogen (secondary N) is 1. The third-order valence-corrected chi connectivity index (χ3v) is 3.51. The van der Waals surface area contributed by atoms with E-state index in [4.69, 9.17) is 10.5 Å². The van der Waals surface area contributed by atoms with Crippen molar-refractivity contribution in [3.63, 3.8) is 0 Å². The Morgan fingerprint density at radius 2 is 2.25 bits per heavy atom. The normalized spacial score (nSPS) is 12.3. The minimum absolute atomic E-state index is 0.303. The number of fused-ring (bicyclic) bond motifs is 1. The van der Waals surface area contributed by atoms with Crippen LogP contribution in [0.25, 0.3) is 10.9 Å². The lowest BCUT2D eigenvalue weighted by Gasteiger charge is -2.12. The first-order valence-electron chi connectivity index (χ1n) is 7.16. The molecule has 0 aliphatic carbocycles. The molecular formula is C16H23N3O. The van der Waals surface area contributed by atoms with Crippen molar-refractivity contribution in [2.45, 2.75) is 32.2 Å². The van der Waals surface area contributed by atoms with E-state index in [0.717, 1.165) is 48.1 Å². The summed E-state index contributed by atoms with van der Waals surface area (Å²) in [4.78, 5) is 4.44. The Balaban J connectivity index is 2.08. The van der Waals surface area contributed by atoms with Gasteiger partial charge in [-0.2, -0.15) is 0 Å². The zero-order valence-corrected chi connectivity index (χ0v) is 12.2. The topological polar surface area (TPSA) is 60.2 Å². The van der Waals surface area contributed by atoms with Gasteiger partial charge in [0.2, 0.25) is 0 Å². The van der Waals surface area contributed by atoms with Crippen molar-refractivity contribution in [2.75, 3.05) is 19.0 Å². The predicted octanol–water partition coefficient (Wildman–Crippen LogP) is 3.17. The zero-order chi connectivity index (χ0) is 14.4. The number of ether oxygens (including phenoxy) is 1. The van der Waals surface area contributed by atoms with Crippen LogP contribution >= 0.6 is 0 Å². The maximum atomic E-state index is 5.93. The number of benzene rings is 1. The fourth-order valence-corrected chi connectivity index (χ4v) is 2.21. The molecule has 0 aliphatic heterocycles. The summed E-state index contributed by atoms with van der Waals surface area (Å²) < 4.78 is 5.34.